The monoisotopic (exact) mass is 460 g/mol. The second kappa shape index (κ2) is 8.91. The van der Waals surface area contributed by atoms with Crippen molar-refractivity contribution in [2.45, 2.75) is 10.9 Å². The highest BCUT2D eigenvalue weighted by atomic mass is 35.5. The molecular weight excluding hydrogens is 447 g/mol. The van der Waals surface area contributed by atoms with Crippen molar-refractivity contribution in [1.29, 1.82) is 0 Å². The number of nitrogens with zero attached hydrogens (tertiary/aromatic N) is 4. The van der Waals surface area contributed by atoms with Crippen molar-refractivity contribution in [2.24, 2.45) is 0 Å². The molecule has 30 heavy (non-hydrogen) atoms. The summed E-state index contributed by atoms with van der Waals surface area (Å²) in [5.74, 6) is 1.27. The molecule has 0 saturated heterocycles. The van der Waals surface area contributed by atoms with Crippen LogP contribution in [-0.2, 0) is 10.5 Å². The third kappa shape index (κ3) is 4.21. The number of halogens is 2. The summed E-state index contributed by atoms with van der Waals surface area (Å²) in [5.41, 5.74) is 1.55. The molecule has 0 saturated carbocycles. The van der Waals surface area contributed by atoms with E-state index in [2.05, 4.69) is 19.9 Å². The van der Waals surface area contributed by atoms with Crippen molar-refractivity contribution in [3.05, 3.63) is 76.4 Å². The van der Waals surface area contributed by atoms with Crippen molar-refractivity contribution in [2.75, 3.05) is 7.11 Å². The van der Waals surface area contributed by atoms with Gasteiger partial charge in [-0.3, -0.25) is 9.55 Å². The van der Waals surface area contributed by atoms with Gasteiger partial charge in [-0.2, -0.15) is 0 Å². The Hall–Kier alpha value is -2.81. The van der Waals surface area contributed by atoms with Gasteiger partial charge in [0.05, 0.1) is 28.6 Å². The number of carbonyl (C=O) groups excluding carboxylic acids is 1. The van der Waals surface area contributed by atoms with Gasteiger partial charge in [-0.05, 0) is 42.5 Å². The summed E-state index contributed by atoms with van der Waals surface area (Å²) in [5, 5.41) is 10.2. The molecule has 0 aliphatic rings. The smallest absolute Gasteiger partial charge is 0.373 e. The van der Waals surface area contributed by atoms with E-state index >= 15 is 0 Å². The molecule has 7 nitrogen and oxygen atoms in total. The molecule has 0 aliphatic carbocycles. The Labute approximate surface area is 186 Å². The normalized spacial score (nSPS) is 10.9. The quantitative estimate of drug-likeness (QED) is 0.284. The molecule has 1 aromatic carbocycles. The molecule has 0 bridgehead atoms. The van der Waals surface area contributed by atoms with E-state index in [1.165, 1.54) is 18.9 Å². The molecule has 3 heterocycles. The molecule has 3 aromatic heterocycles. The highest BCUT2D eigenvalue weighted by Crippen LogP contribution is 2.32. The van der Waals surface area contributed by atoms with Gasteiger partial charge in [-0.15, -0.1) is 10.2 Å². The predicted octanol–water partition coefficient (Wildman–Crippen LogP) is 5.31. The Morgan fingerprint density at radius 2 is 2.03 bits per heavy atom. The molecule has 0 N–H and O–H groups in total. The van der Waals surface area contributed by atoms with Crippen molar-refractivity contribution >= 4 is 40.9 Å². The molecule has 10 heteroatoms. The number of hydrogen-bond acceptors (Lipinski definition) is 7. The van der Waals surface area contributed by atoms with Crippen LogP contribution in [0.25, 0.3) is 17.1 Å². The summed E-state index contributed by atoms with van der Waals surface area (Å²) < 4.78 is 12.1. The number of pyridine rings is 1. The number of aromatic nitrogens is 4. The zero-order valence-electron chi connectivity index (χ0n) is 15.6. The molecule has 0 unspecified atom stereocenters. The van der Waals surface area contributed by atoms with Gasteiger partial charge < -0.3 is 9.15 Å². The van der Waals surface area contributed by atoms with Crippen molar-refractivity contribution in [1.82, 2.24) is 19.7 Å². The number of benzene rings is 1. The van der Waals surface area contributed by atoms with Gasteiger partial charge in [-0.25, -0.2) is 4.79 Å². The lowest BCUT2D eigenvalue weighted by atomic mass is 10.2. The van der Waals surface area contributed by atoms with Crippen molar-refractivity contribution in [3.63, 3.8) is 0 Å². The number of thioether (sulfide) groups is 1. The minimum absolute atomic E-state index is 0.148. The predicted molar refractivity (Wildman–Crippen MR) is 114 cm³/mol. The lowest BCUT2D eigenvalue weighted by Crippen LogP contribution is -2.00. The van der Waals surface area contributed by atoms with E-state index in [9.17, 15) is 4.79 Å². The lowest BCUT2D eigenvalue weighted by Gasteiger charge is -2.11. The van der Waals surface area contributed by atoms with Crippen LogP contribution in [0.3, 0.4) is 0 Å². The summed E-state index contributed by atoms with van der Waals surface area (Å²) in [4.78, 5) is 15.7. The molecule has 0 atom stereocenters. The summed E-state index contributed by atoms with van der Waals surface area (Å²) in [6.07, 6.45) is 3.40. The van der Waals surface area contributed by atoms with Crippen LogP contribution in [0.1, 0.15) is 16.3 Å². The summed E-state index contributed by atoms with van der Waals surface area (Å²) in [6, 6.07) is 12.3. The summed E-state index contributed by atoms with van der Waals surface area (Å²) >= 11 is 13.7. The summed E-state index contributed by atoms with van der Waals surface area (Å²) in [6.45, 7) is 0. The third-order valence-electron chi connectivity index (χ3n) is 4.11. The number of hydrogen-bond donors (Lipinski definition) is 0. The van der Waals surface area contributed by atoms with Gasteiger partial charge in [0.2, 0.25) is 5.76 Å². The van der Waals surface area contributed by atoms with Crippen LogP contribution >= 0.6 is 35.0 Å². The zero-order chi connectivity index (χ0) is 21.1. The van der Waals surface area contributed by atoms with Gasteiger partial charge in [-0.1, -0.05) is 35.0 Å². The maximum atomic E-state index is 11.6. The minimum Gasteiger partial charge on any atom is -0.463 e. The van der Waals surface area contributed by atoms with Crippen LogP contribution < -0.4 is 0 Å². The molecule has 0 aliphatic heterocycles. The fourth-order valence-corrected chi connectivity index (χ4v) is 3.84. The lowest BCUT2D eigenvalue weighted by molar-refractivity contribution is 0.0563. The van der Waals surface area contributed by atoms with Crippen molar-refractivity contribution in [3.8, 4) is 17.1 Å². The number of carbonyl (C=O) groups is 1. The molecule has 0 amide bonds. The van der Waals surface area contributed by atoms with Crippen LogP contribution in [0.4, 0.5) is 0 Å². The minimum atomic E-state index is -0.524. The summed E-state index contributed by atoms with van der Waals surface area (Å²) in [7, 11) is 1.30. The first-order chi connectivity index (χ1) is 14.6. The number of rotatable bonds is 6. The third-order valence-corrected chi connectivity index (χ3v) is 5.80. The topological polar surface area (TPSA) is 83.0 Å². The molecular formula is C20H14Cl2N4O3S. The van der Waals surface area contributed by atoms with Crippen LogP contribution in [-0.4, -0.2) is 32.8 Å². The highest BCUT2D eigenvalue weighted by Gasteiger charge is 2.18. The Balaban J connectivity index is 1.69. The number of esters is 1. The van der Waals surface area contributed by atoms with Crippen LogP contribution in [0.5, 0.6) is 0 Å². The zero-order valence-corrected chi connectivity index (χ0v) is 17.9. The fraction of sp³-hybridized carbons (Fsp3) is 0.100. The Morgan fingerprint density at radius 3 is 2.77 bits per heavy atom. The SMILES string of the molecule is COC(=O)c1ccc(CSc2nnc(-c3cccnc3)n2-c2ccc(Cl)c(Cl)c2)o1. The first-order valence-electron chi connectivity index (χ1n) is 8.68. The molecule has 4 aromatic rings. The van der Waals surface area contributed by atoms with Gasteiger partial charge in [0.1, 0.15) is 5.76 Å². The van der Waals surface area contributed by atoms with E-state index in [0.717, 1.165) is 11.3 Å². The standard InChI is InChI=1S/C20H14Cl2N4O3S/c1-28-19(27)17-7-5-14(29-17)11-30-20-25-24-18(12-3-2-8-23-10-12)26(20)13-4-6-15(21)16(22)9-13/h2-10H,11H2,1H3. The first kappa shape index (κ1) is 20.5. The van der Waals surface area contributed by atoms with Gasteiger partial charge in [0.25, 0.3) is 0 Å². The van der Waals surface area contributed by atoms with E-state index in [4.69, 9.17) is 27.6 Å². The highest BCUT2D eigenvalue weighted by molar-refractivity contribution is 7.98. The maximum Gasteiger partial charge on any atom is 0.373 e. The van der Waals surface area contributed by atoms with Gasteiger partial charge >= 0.3 is 5.97 Å². The first-order valence-corrected chi connectivity index (χ1v) is 10.4. The Bertz CT molecular complexity index is 1190. The number of methoxy groups -OCH3 is 1. The van der Waals surface area contributed by atoms with E-state index < -0.39 is 5.97 Å². The Morgan fingerprint density at radius 1 is 1.17 bits per heavy atom. The largest absolute Gasteiger partial charge is 0.463 e. The average molecular weight is 461 g/mol. The average Bonchev–Trinajstić information content (AvgIpc) is 3.41. The van der Waals surface area contributed by atoms with Gasteiger partial charge in [0.15, 0.2) is 11.0 Å². The number of furan rings is 1. The second-order valence-electron chi connectivity index (χ2n) is 6.03. The van der Waals surface area contributed by atoms with Gasteiger partial charge in [0, 0.05) is 18.0 Å². The molecule has 4 rings (SSSR count). The van der Waals surface area contributed by atoms with E-state index in [0.29, 0.717) is 32.5 Å². The molecule has 0 spiro atoms. The van der Waals surface area contributed by atoms with Crippen molar-refractivity contribution < 1.29 is 13.9 Å². The maximum absolute atomic E-state index is 11.6. The van der Waals surface area contributed by atoms with E-state index in [1.54, 1.807) is 36.7 Å². The van der Waals surface area contributed by atoms with E-state index in [1.807, 2.05) is 22.8 Å². The molecule has 0 fully saturated rings. The fourth-order valence-electron chi connectivity index (χ4n) is 2.70. The van der Waals surface area contributed by atoms with Crippen LogP contribution in [0.15, 0.2) is 64.4 Å². The Kier molecular flexibility index (Phi) is 6.08. The van der Waals surface area contributed by atoms with E-state index in [-0.39, 0.29) is 5.76 Å². The van der Waals surface area contributed by atoms with Crippen LogP contribution in [0.2, 0.25) is 10.0 Å². The van der Waals surface area contributed by atoms with Crippen LogP contribution in [0, 0.1) is 0 Å². The molecule has 0 radical (unpaired) electrons. The molecule has 152 valence electrons. The number of ether oxygens (including phenoxy) is 1. The second-order valence-corrected chi connectivity index (χ2v) is 7.78.